The molecule has 0 spiro atoms. The van der Waals surface area contributed by atoms with Crippen molar-refractivity contribution in [1.29, 1.82) is 0 Å². The fraction of sp³-hybridized carbons (Fsp3) is 0.0714. The summed E-state index contributed by atoms with van der Waals surface area (Å²) in [6.45, 7) is 0. The van der Waals surface area contributed by atoms with Gasteiger partial charge in [0.1, 0.15) is 0 Å². The monoisotopic (exact) mass is 196 g/mol. The number of rotatable bonds is 3. The summed E-state index contributed by atoms with van der Waals surface area (Å²) in [5.74, 6) is 0.0765. The Morgan fingerprint density at radius 3 is 2.67 bits per heavy atom. The second-order valence-electron chi connectivity index (χ2n) is 3.41. The van der Waals surface area contributed by atoms with E-state index in [1.165, 1.54) is 0 Å². The van der Waals surface area contributed by atoms with Crippen molar-refractivity contribution in [3.05, 3.63) is 65.8 Å². The highest BCUT2D eigenvalue weighted by molar-refractivity contribution is 6.08. The lowest BCUT2D eigenvalue weighted by Crippen LogP contribution is -1.93. The maximum Gasteiger partial charge on any atom is 0.185 e. The molecule has 1 aliphatic rings. The molecule has 1 aromatic carbocycles. The van der Waals surface area contributed by atoms with E-state index in [4.69, 9.17) is 0 Å². The molecule has 2 rings (SSSR count). The van der Waals surface area contributed by atoms with Crippen LogP contribution in [0.2, 0.25) is 0 Å². The number of ketones is 1. The average molecular weight is 196 g/mol. The third-order valence-electron chi connectivity index (χ3n) is 2.28. The van der Waals surface area contributed by atoms with E-state index in [0.717, 1.165) is 17.6 Å². The maximum absolute atomic E-state index is 11.6. The minimum absolute atomic E-state index is 0.0765. The molecular formula is C14H12O. The minimum Gasteiger partial charge on any atom is -0.289 e. The average Bonchev–Trinajstić information content (AvgIpc) is 2.81. The first kappa shape index (κ1) is 9.66. The highest BCUT2D eigenvalue weighted by Crippen LogP contribution is 2.11. The van der Waals surface area contributed by atoms with E-state index in [0.29, 0.717) is 0 Å². The zero-order valence-corrected chi connectivity index (χ0v) is 8.39. The van der Waals surface area contributed by atoms with Crippen LogP contribution < -0.4 is 0 Å². The van der Waals surface area contributed by atoms with Gasteiger partial charge in [0.05, 0.1) is 0 Å². The third-order valence-corrected chi connectivity index (χ3v) is 2.28. The predicted molar refractivity (Wildman–Crippen MR) is 62.3 cm³/mol. The first-order chi connectivity index (χ1) is 7.36. The van der Waals surface area contributed by atoms with E-state index in [1.54, 1.807) is 6.08 Å². The van der Waals surface area contributed by atoms with Crippen molar-refractivity contribution >= 4 is 11.9 Å². The lowest BCUT2D eigenvalue weighted by molar-refractivity contribution is -0.111. The standard InChI is InChI=1S/C14H12O/c15-14(13-8-4-5-9-13)11-10-12-6-2-1-3-7-12/h1-4,6-11H,5H2. The van der Waals surface area contributed by atoms with E-state index in [1.807, 2.05) is 54.6 Å². The molecule has 1 aliphatic carbocycles. The largest absolute Gasteiger partial charge is 0.289 e. The zero-order chi connectivity index (χ0) is 10.5. The van der Waals surface area contributed by atoms with Gasteiger partial charge in [0.15, 0.2) is 5.78 Å². The summed E-state index contributed by atoms with van der Waals surface area (Å²) in [5.41, 5.74) is 1.84. The second kappa shape index (κ2) is 4.56. The van der Waals surface area contributed by atoms with Crippen LogP contribution in [0, 0.1) is 0 Å². The summed E-state index contributed by atoms with van der Waals surface area (Å²) in [5, 5.41) is 0. The quantitative estimate of drug-likeness (QED) is 0.679. The number of carbonyl (C=O) groups excluding carboxylic acids is 1. The molecule has 0 fully saturated rings. The molecular weight excluding hydrogens is 184 g/mol. The van der Waals surface area contributed by atoms with Crippen molar-refractivity contribution in [3.8, 4) is 0 Å². The van der Waals surface area contributed by atoms with E-state index in [9.17, 15) is 4.79 Å². The lowest BCUT2D eigenvalue weighted by Gasteiger charge is -1.92. The topological polar surface area (TPSA) is 17.1 Å². The Kier molecular flexibility index (Phi) is 2.93. The molecule has 1 nitrogen and oxygen atoms in total. The van der Waals surface area contributed by atoms with Crippen molar-refractivity contribution in [1.82, 2.24) is 0 Å². The summed E-state index contributed by atoms with van der Waals surface area (Å²) in [6, 6.07) is 9.82. The van der Waals surface area contributed by atoms with Crippen molar-refractivity contribution in [2.45, 2.75) is 6.42 Å². The van der Waals surface area contributed by atoms with Crippen molar-refractivity contribution in [2.24, 2.45) is 0 Å². The molecule has 0 saturated heterocycles. The van der Waals surface area contributed by atoms with Crippen LogP contribution in [-0.2, 0) is 4.79 Å². The molecule has 0 amide bonds. The summed E-state index contributed by atoms with van der Waals surface area (Å²) in [6.07, 6.45) is 10.1. The molecule has 0 radical (unpaired) electrons. The van der Waals surface area contributed by atoms with E-state index < -0.39 is 0 Å². The Morgan fingerprint density at radius 1 is 1.20 bits per heavy atom. The molecule has 15 heavy (non-hydrogen) atoms. The number of hydrogen-bond acceptors (Lipinski definition) is 1. The molecule has 74 valence electrons. The van der Waals surface area contributed by atoms with Gasteiger partial charge in [-0.3, -0.25) is 4.79 Å². The Balaban J connectivity index is 2.06. The number of carbonyl (C=O) groups is 1. The summed E-state index contributed by atoms with van der Waals surface area (Å²) in [4.78, 5) is 11.6. The van der Waals surface area contributed by atoms with Crippen molar-refractivity contribution < 1.29 is 4.79 Å². The van der Waals surface area contributed by atoms with Crippen LogP contribution in [0.15, 0.2) is 60.2 Å². The maximum atomic E-state index is 11.6. The van der Waals surface area contributed by atoms with Crippen molar-refractivity contribution in [2.75, 3.05) is 0 Å². The van der Waals surface area contributed by atoms with E-state index in [2.05, 4.69) is 0 Å². The highest BCUT2D eigenvalue weighted by Gasteiger charge is 2.04. The fourth-order valence-corrected chi connectivity index (χ4v) is 1.47. The van der Waals surface area contributed by atoms with Crippen LogP contribution in [-0.4, -0.2) is 5.78 Å². The molecule has 1 heteroatoms. The Morgan fingerprint density at radius 2 is 2.00 bits per heavy atom. The van der Waals surface area contributed by atoms with Crippen LogP contribution in [0.4, 0.5) is 0 Å². The zero-order valence-electron chi connectivity index (χ0n) is 8.39. The van der Waals surface area contributed by atoms with Gasteiger partial charge < -0.3 is 0 Å². The van der Waals surface area contributed by atoms with E-state index >= 15 is 0 Å². The Labute approximate surface area is 89.4 Å². The molecule has 0 unspecified atom stereocenters. The van der Waals surface area contributed by atoms with Gasteiger partial charge in [0, 0.05) is 5.57 Å². The Bertz CT molecular complexity index is 436. The summed E-state index contributed by atoms with van der Waals surface area (Å²) < 4.78 is 0. The van der Waals surface area contributed by atoms with Crippen LogP contribution >= 0.6 is 0 Å². The highest BCUT2D eigenvalue weighted by atomic mass is 16.1. The Hall–Kier alpha value is -1.89. The summed E-state index contributed by atoms with van der Waals surface area (Å²) in [7, 11) is 0. The van der Waals surface area contributed by atoms with E-state index in [-0.39, 0.29) is 5.78 Å². The van der Waals surface area contributed by atoms with Crippen LogP contribution in [0.5, 0.6) is 0 Å². The van der Waals surface area contributed by atoms with Gasteiger partial charge in [-0.25, -0.2) is 0 Å². The van der Waals surface area contributed by atoms with Gasteiger partial charge in [-0.15, -0.1) is 0 Å². The molecule has 0 N–H and O–H groups in total. The number of hydrogen-bond donors (Lipinski definition) is 0. The van der Waals surface area contributed by atoms with Gasteiger partial charge in [-0.05, 0) is 18.1 Å². The molecule has 0 aromatic heterocycles. The molecule has 0 saturated carbocycles. The molecule has 1 aromatic rings. The minimum atomic E-state index is 0.0765. The molecule has 0 atom stereocenters. The predicted octanol–water partition coefficient (Wildman–Crippen LogP) is 3.16. The third kappa shape index (κ3) is 2.53. The van der Waals surface area contributed by atoms with Gasteiger partial charge >= 0.3 is 0 Å². The molecule has 0 aliphatic heterocycles. The molecule has 0 bridgehead atoms. The summed E-state index contributed by atoms with van der Waals surface area (Å²) >= 11 is 0. The van der Waals surface area contributed by atoms with Gasteiger partial charge in [0.2, 0.25) is 0 Å². The first-order valence-electron chi connectivity index (χ1n) is 5.00. The normalized spacial score (nSPS) is 14.5. The number of benzene rings is 1. The fourth-order valence-electron chi connectivity index (χ4n) is 1.47. The van der Waals surface area contributed by atoms with Crippen LogP contribution in [0.3, 0.4) is 0 Å². The van der Waals surface area contributed by atoms with Crippen LogP contribution in [0.1, 0.15) is 12.0 Å². The second-order valence-corrected chi connectivity index (χ2v) is 3.41. The SMILES string of the molecule is O=C(C=Cc1ccccc1)C1=CCC=C1. The lowest BCUT2D eigenvalue weighted by atomic mass is 10.1. The van der Waals surface area contributed by atoms with Gasteiger partial charge in [0.25, 0.3) is 0 Å². The first-order valence-corrected chi connectivity index (χ1v) is 5.00. The van der Waals surface area contributed by atoms with Crippen molar-refractivity contribution in [3.63, 3.8) is 0 Å². The number of allylic oxidation sites excluding steroid dienone is 5. The smallest absolute Gasteiger partial charge is 0.185 e. The van der Waals surface area contributed by atoms with Crippen LogP contribution in [0.25, 0.3) is 6.08 Å². The van der Waals surface area contributed by atoms with Gasteiger partial charge in [-0.2, -0.15) is 0 Å². The molecule has 0 heterocycles. The van der Waals surface area contributed by atoms with Gasteiger partial charge in [-0.1, -0.05) is 54.6 Å².